The average molecular weight is 533 g/mol. The lowest BCUT2D eigenvalue weighted by Gasteiger charge is -2.23. The molecule has 2 atom stereocenters. The minimum atomic E-state index is -0.699. The molecule has 0 saturated heterocycles. The molecule has 0 spiro atoms. The van der Waals surface area contributed by atoms with Crippen molar-refractivity contribution in [2.24, 2.45) is 10.1 Å². The summed E-state index contributed by atoms with van der Waals surface area (Å²) < 4.78 is 24.0. The SMILES string of the molecule is COc1ccc(C2=NN(C3=NC(=O)[C@H](CC(=O)Nc4cccc(F)c4)S3)[C@@H](c3ccc(OC)cc3)C2)cc1. The van der Waals surface area contributed by atoms with Crippen LogP contribution in [0.3, 0.4) is 0 Å². The summed E-state index contributed by atoms with van der Waals surface area (Å²) in [6.45, 7) is 0. The Morgan fingerprint density at radius 3 is 2.39 bits per heavy atom. The van der Waals surface area contributed by atoms with Crippen molar-refractivity contribution in [2.75, 3.05) is 19.5 Å². The van der Waals surface area contributed by atoms with Crippen molar-refractivity contribution in [1.29, 1.82) is 0 Å². The molecule has 0 radical (unpaired) electrons. The van der Waals surface area contributed by atoms with Crippen molar-refractivity contribution in [1.82, 2.24) is 5.01 Å². The summed E-state index contributed by atoms with van der Waals surface area (Å²) >= 11 is 1.21. The average Bonchev–Trinajstić information content (AvgIpc) is 3.52. The quantitative estimate of drug-likeness (QED) is 0.459. The predicted molar refractivity (Wildman–Crippen MR) is 145 cm³/mol. The zero-order chi connectivity index (χ0) is 26.6. The molecule has 2 aliphatic heterocycles. The molecular formula is C28H25FN4O4S. The molecule has 10 heteroatoms. The standard InChI is InChI=1S/C28H25FN4O4S/c1-36-21-10-6-17(7-11-21)23-15-24(18-8-12-22(37-2)13-9-18)33(32-23)28-31-27(35)25(38-28)16-26(34)30-20-5-3-4-19(29)14-20/h3-14,24-25H,15-16H2,1-2H3,(H,30,34)/t24-,25+/m1/s1. The number of rotatable bonds is 7. The third kappa shape index (κ3) is 5.55. The molecule has 0 bridgehead atoms. The minimum absolute atomic E-state index is 0.0941. The number of carbonyl (C=O) groups is 2. The van der Waals surface area contributed by atoms with E-state index >= 15 is 0 Å². The number of hydrogen-bond acceptors (Lipinski definition) is 7. The lowest BCUT2D eigenvalue weighted by atomic mass is 9.98. The van der Waals surface area contributed by atoms with Gasteiger partial charge in [0.25, 0.3) is 5.91 Å². The molecule has 2 heterocycles. The van der Waals surface area contributed by atoms with Crippen LogP contribution in [-0.4, -0.2) is 47.2 Å². The van der Waals surface area contributed by atoms with Crippen LogP contribution < -0.4 is 14.8 Å². The number of nitrogens with one attached hydrogen (secondary N) is 1. The van der Waals surface area contributed by atoms with E-state index in [-0.39, 0.29) is 12.5 Å². The fraction of sp³-hybridized carbons (Fsp3) is 0.214. The summed E-state index contributed by atoms with van der Waals surface area (Å²) in [7, 11) is 3.23. The van der Waals surface area contributed by atoms with Crippen molar-refractivity contribution in [2.45, 2.75) is 24.1 Å². The Kier molecular flexibility index (Phi) is 7.41. The number of amidine groups is 1. The molecule has 3 aromatic rings. The van der Waals surface area contributed by atoms with E-state index in [1.54, 1.807) is 25.3 Å². The normalized spacial score (nSPS) is 18.7. The number of anilines is 1. The van der Waals surface area contributed by atoms with Crippen molar-refractivity contribution >= 4 is 40.1 Å². The van der Waals surface area contributed by atoms with Crippen LogP contribution in [0.5, 0.6) is 11.5 Å². The van der Waals surface area contributed by atoms with Crippen LogP contribution in [0.25, 0.3) is 0 Å². The number of amides is 2. The molecule has 0 saturated carbocycles. The molecule has 2 aliphatic rings. The zero-order valence-electron chi connectivity index (χ0n) is 20.8. The molecule has 8 nitrogen and oxygen atoms in total. The first-order valence-corrected chi connectivity index (χ1v) is 12.8. The highest BCUT2D eigenvalue weighted by Gasteiger charge is 2.39. The summed E-state index contributed by atoms with van der Waals surface area (Å²) in [5, 5.41) is 8.99. The van der Waals surface area contributed by atoms with Gasteiger partial charge in [-0.25, -0.2) is 9.40 Å². The van der Waals surface area contributed by atoms with Crippen molar-refractivity contribution in [3.05, 3.63) is 89.7 Å². The van der Waals surface area contributed by atoms with Crippen LogP contribution >= 0.6 is 11.8 Å². The van der Waals surface area contributed by atoms with Crippen molar-refractivity contribution < 1.29 is 23.5 Å². The number of nitrogens with zero attached hydrogens (tertiary/aromatic N) is 3. The highest BCUT2D eigenvalue weighted by Crippen LogP contribution is 2.39. The first kappa shape index (κ1) is 25.5. The van der Waals surface area contributed by atoms with E-state index in [0.29, 0.717) is 17.3 Å². The summed E-state index contributed by atoms with van der Waals surface area (Å²) in [5.74, 6) is 0.233. The Balaban J connectivity index is 1.36. The van der Waals surface area contributed by atoms with Crippen LogP contribution in [0.1, 0.15) is 30.0 Å². The molecule has 194 valence electrons. The number of ether oxygens (including phenoxy) is 2. The third-order valence-electron chi connectivity index (χ3n) is 6.24. The summed E-state index contributed by atoms with van der Waals surface area (Å²) in [6.07, 6.45) is 0.500. The molecule has 0 unspecified atom stereocenters. The fourth-order valence-corrected chi connectivity index (χ4v) is 5.34. The number of aliphatic imine (C=N–C) groups is 1. The van der Waals surface area contributed by atoms with E-state index < -0.39 is 22.9 Å². The van der Waals surface area contributed by atoms with Gasteiger partial charge in [0.1, 0.15) is 22.6 Å². The number of halogens is 1. The maximum atomic E-state index is 13.5. The summed E-state index contributed by atoms with van der Waals surface area (Å²) in [5.41, 5.74) is 3.10. The highest BCUT2D eigenvalue weighted by molar-refractivity contribution is 8.15. The second-order valence-corrected chi connectivity index (χ2v) is 9.88. The molecule has 0 aromatic heterocycles. The van der Waals surface area contributed by atoms with Gasteiger partial charge in [0.05, 0.1) is 26.0 Å². The predicted octanol–water partition coefficient (Wildman–Crippen LogP) is 5.02. The topological polar surface area (TPSA) is 92.6 Å². The lowest BCUT2D eigenvalue weighted by molar-refractivity contribution is -0.121. The monoisotopic (exact) mass is 532 g/mol. The number of hydrogen-bond donors (Lipinski definition) is 1. The van der Waals surface area contributed by atoms with Gasteiger partial charge >= 0.3 is 0 Å². The molecular weight excluding hydrogens is 507 g/mol. The zero-order valence-corrected chi connectivity index (χ0v) is 21.6. The van der Waals surface area contributed by atoms with E-state index in [0.717, 1.165) is 28.3 Å². The van der Waals surface area contributed by atoms with Crippen LogP contribution in [0.2, 0.25) is 0 Å². The van der Waals surface area contributed by atoms with Crippen LogP contribution in [0.4, 0.5) is 10.1 Å². The molecule has 2 amide bonds. The number of methoxy groups -OCH3 is 2. The second-order valence-electron chi connectivity index (χ2n) is 8.71. The van der Waals surface area contributed by atoms with Gasteiger partial charge in [-0.1, -0.05) is 30.0 Å². The fourth-order valence-electron chi connectivity index (χ4n) is 4.28. The van der Waals surface area contributed by atoms with E-state index in [9.17, 15) is 14.0 Å². The van der Waals surface area contributed by atoms with Gasteiger partial charge in [-0.3, -0.25) is 9.59 Å². The number of thioether (sulfide) groups is 1. The van der Waals surface area contributed by atoms with E-state index in [2.05, 4.69) is 10.3 Å². The Morgan fingerprint density at radius 2 is 1.74 bits per heavy atom. The van der Waals surface area contributed by atoms with Crippen LogP contribution in [-0.2, 0) is 9.59 Å². The number of carbonyl (C=O) groups excluding carboxylic acids is 2. The van der Waals surface area contributed by atoms with Gasteiger partial charge in [-0.2, -0.15) is 10.1 Å². The highest BCUT2D eigenvalue weighted by atomic mass is 32.2. The number of benzene rings is 3. The second kappa shape index (κ2) is 11.1. The van der Waals surface area contributed by atoms with Gasteiger partial charge in [-0.15, -0.1) is 0 Å². The molecule has 38 heavy (non-hydrogen) atoms. The van der Waals surface area contributed by atoms with Crippen molar-refractivity contribution in [3.63, 3.8) is 0 Å². The molecule has 0 aliphatic carbocycles. The van der Waals surface area contributed by atoms with Crippen LogP contribution in [0.15, 0.2) is 82.9 Å². The Hall–Kier alpha value is -4.18. The largest absolute Gasteiger partial charge is 0.497 e. The van der Waals surface area contributed by atoms with Gasteiger partial charge in [-0.05, 0) is 65.7 Å². The Bertz CT molecular complexity index is 1410. The first-order valence-electron chi connectivity index (χ1n) is 11.9. The summed E-state index contributed by atoms with van der Waals surface area (Å²) in [4.78, 5) is 29.6. The van der Waals surface area contributed by atoms with E-state index in [1.807, 2.05) is 48.5 Å². The molecule has 3 aromatic carbocycles. The molecule has 5 rings (SSSR count). The van der Waals surface area contributed by atoms with E-state index in [4.69, 9.17) is 14.6 Å². The third-order valence-corrected chi connectivity index (χ3v) is 7.38. The van der Waals surface area contributed by atoms with Crippen molar-refractivity contribution in [3.8, 4) is 11.5 Å². The smallest absolute Gasteiger partial charge is 0.262 e. The van der Waals surface area contributed by atoms with Gasteiger partial charge in [0, 0.05) is 18.5 Å². The minimum Gasteiger partial charge on any atom is -0.497 e. The number of hydrazone groups is 1. The van der Waals surface area contributed by atoms with Gasteiger partial charge in [0.15, 0.2) is 5.17 Å². The Morgan fingerprint density at radius 1 is 1.05 bits per heavy atom. The first-order chi connectivity index (χ1) is 18.4. The Labute approximate surface area is 223 Å². The molecule has 0 fully saturated rings. The maximum Gasteiger partial charge on any atom is 0.262 e. The van der Waals surface area contributed by atoms with Gasteiger partial charge < -0.3 is 14.8 Å². The van der Waals surface area contributed by atoms with Crippen LogP contribution in [0, 0.1) is 5.82 Å². The summed E-state index contributed by atoms with van der Waals surface area (Å²) in [6, 6.07) is 20.8. The van der Waals surface area contributed by atoms with E-state index in [1.165, 1.54) is 30.0 Å². The maximum absolute atomic E-state index is 13.5. The molecule has 1 N–H and O–H groups in total. The van der Waals surface area contributed by atoms with Gasteiger partial charge in [0.2, 0.25) is 5.91 Å². The lowest BCUT2D eigenvalue weighted by Crippen LogP contribution is -2.25.